The molecule has 30 heavy (non-hydrogen) atoms. The van der Waals surface area contributed by atoms with Crippen LogP contribution in [0.25, 0.3) is 21.3 Å². The summed E-state index contributed by atoms with van der Waals surface area (Å²) in [5, 5.41) is 25.5. The third-order valence-electron chi connectivity index (χ3n) is 6.44. The minimum absolute atomic E-state index is 0.102. The Morgan fingerprint density at radius 1 is 1.23 bits per heavy atom. The fourth-order valence-corrected chi connectivity index (χ4v) is 5.55. The van der Waals surface area contributed by atoms with Crippen molar-refractivity contribution in [2.45, 2.75) is 50.8 Å². The Bertz CT molecular complexity index is 1050. The molecule has 3 heterocycles. The van der Waals surface area contributed by atoms with Crippen molar-refractivity contribution in [2.75, 3.05) is 25.5 Å². The largest absolute Gasteiger partial charge is 0.495 e. The molecule has 0 unspecified atom stereocenters. The summed E-state index contributed by atoms with van der Waals surface area (Å²) in [6.45, 7) is 4.21. The number of aryl methyl sites for hydroxylation is 1. The molecule has 0 amide bonds. The second kappa shape index (κ2) is 8.13. The summed E-state index contributed by atoms with van der Waals surface area (Å²) in [6.07, 6.45) is 4.03. The topological polar surface area (TPSA) is 70.5 Å². The predicted molar refractivity (Wildman–Crippen MR) is 121 cm³/mol. The SMILES string of the molecule is COc1c(-c2nnc(N[C@@H]3CCCN(C4CC(O)C4)C3)cc2C)ccc2sccc12. The third-order valence-corrected chi connectivity index (χ3v) is 7.32. The summed E-state index contributed by atoms with van der Waals surface area (Å²) in [6, 6.07) is 9.29. The van der Waals surface area contributed by atoms with E-state index in [9.17, 15) is 5.11 Å². The number of benzene rings is 1. The first-order chi connectivity index (χ1) is 14.6. The van der Waals surface area contributed by atoms with Gasteiger partial charge in [-0.1, -0.05) is 0 Å². The van der Waals surface area contributed by atoms with E-state index in [4.69, 9.17) is 4.74 Å². The van der Waals surface area contributed by atoms with Crippen molar-refractivity contribution in [3.63, 3.8) is 0 Å². The second-order valence-corrected chi connectivity index (χ2v) is 9.45. The van der Waals surface area contributed by atoms with Crippen molar-refractivity contribution in [1.82, 2.24) is 15.1 Å². The van der Waals surface area contributed by atoms with Crippen LogP contribution in [0, 0.1) is 6.92 Å². The Morgan fingerprint density at radius 3 is 2.87 bits per heavy atom. The lowest BCUT2D eigenvalue weighted by Crippen LogP contribution is -2.53. The molecule has 1 saturated carbocycles. The van der Waals surface area contributed by atoms with Gasteiger partial charge in [-0.25, -0.2) is 0 Å². The number of aliphatic hydroxyl groups is 1. The second-order valence-electron chi connectivity index (χ2n) is 8.50. The molecule has 158 valence electrons. The molecule has 1 saturated heterocycles. The van der Waals surface area contributed by atoms with Gasteiger partial charge in [0.1, 0.15) is 11.6 Å². The first-order valence-electron chi connectivity index (χ1n) is 10.7. The van der Waals surface area contributed by atoms with E-state index in [1.165, 1.54) is 11.1 Å². The number of hydrogen-bond donors (Lipinski definition) is 2. The molecule has 3 aromatic rings. The standard InChI is InChI=1S/C23H28N4O2S/c1-14-10-21(24-15-4-3-8-27(13-15)16-11-17(28)12-16)25-26-22(14)19-5-6-20-18(7-9-30-20)23(19)29-2/h5-7,9-10,15-17,28H,3-4,8,11-13H2,1-2H3,(H,24,25)/t15-,16?,17?/m1/s1. The average molecular weight is 425 g/mol. The van der Waals surface area contributed by atoms with Gasteiger partial charge in [0.2, 0.25) is 0 Å². The molecule has 0 bridgehead atoms. The third kappa shape index (κ3) is 3.66. The van der Waals surface area contributed by atoms with E-state index in [1.54, 1.807) is 18.4 Å². The molecule has 7 heteroatoms. The minimum atomic E-state index is -0.102. The number of nitrogens with one attached hydrogen (secondary N) is 1. The van der Waals surface area contributed by atoms with Crippen LogP contribution in [0.1, 0.15) is 31.2 Å². The molecule has 1 aromatic carbocycles. The number of methoxy groups -OCH3 is 1. The molecule has 0 radical (unpaired) electrons. The molecule has 2 N–H and O–H groups in total. The highest BCUT2D eigenvalue weighted by atomic mass is 32.1. The molecule has 1 atom stereocenters. The monoisotopic (exact) mass is 424 g/mol. The van der Waals surface area contributed by atoms with Gasteiger partial charge in [-0.05, 0) is 74.4 Å². The minimum Gasteiger partial charge on any atom is -0.495 e. The molecular weight excluding hydrogens is 396 g/mol. The fraction of sp³-hybridized carbons (Fsp3) is 0.478. The highest BCUT2D eigenvalue weighted by Crippen LogP contribution is 2.39. The van der Waals surface area contributed by atoms with Crippen molar-refractivity contribution >= 4 is 27.2 Å². The van der Waals surface area contributed by atoms with Gasteiger partial charge in [-0.2, -0.15) is 0 Å². The molecule has 2 aliphatic rings. The van der Waals surface area contributed by atoms with Crippen molar-refractivity contribution in [3.05, 3.63) is 35.2 Å². The van der Waals surface area contributed by atoms with Gasteiger partial charge in [-0.3, -0.25) is 4.90 Å². The molecular formula is C23H28N4O2S. The first-order valence-corrected chi connectivity index (χ1v) is 11.6. The van der Waals surface area contributed by atoms with E-state index in [-0.39, 0.29) is 6.10 Å². The van der Waals surface area contributed by atoms with Crippen LogP contribution in [0.2, 0.25) is 0 Å². The predicted octanol–water partition coefficient (Wildman–Crippen LogP) is 4.07. The van der Waals surface area contributed by atoms with Crippen LogP contribution in [0.15, 0.2) is 29.6 Å². The number of piperidine rings is 1. The zero-order valence-electron chi connectivity index (χ0n) is 17.5. The summed E-state index contributed by atoms with van der Waals surface area (Å²) in [5.74, 6) is 1.68. The van der Waals surface area contributed by atoms with E-state index < -0.39 is 0 Å². The number of rotatable bonds is 5. The number of thiophene rings is 1. The summed E-state index contributed by atoms with van der Waals surface area (Å²) in [4.78, 5) is 2.52. The fourth-order valence-electron chi connectivity index (χ4n) is 4.77. The Labute approximate surface area is 180 Å². The Morgan fingerprint density at radius 2 is 2.10 bits per heavy atom. The maximum absolute atomic E-state index is 9.62. The number of ether oxygens (including phenoxy) is 1. The van der Waals surface area contributed by atoms with E-state index in [1.807, 2.05) is 0 Å². The number of anilines is 1. The summed E-state index contributed by atoms with van der Waals surface area (Å²) in [7, 11) is 1.71. The van der Waals surface area contributed by atoms with E-state index in [0.717, 1.165) is 66.1 Å². The number of nitrogens with zero attached hydrogens (tertiary/aromatic N) is 3. The average Bonchev–Trinajstić information content (AvgIpc) is 3.20. The van der Waals surface area contributed by atoms with Gasteiger partial charge in [0, 0.05) is 34.3 Å². The van der Waals surface area contributed by atoms with Crippen LogP contribution >= 0.6 is 11.3 Å². The van der Waals surface area contributed by atoms with Gasteiger partial charge >= 0.3 is 0 Å². The summed E-state index contributed by atoms with van der Waals surface area (Å²) < 4.78 is 6.94. The molecule has 0 spiro atoms. The quantitative estimate of drug-likeness (QED) is 0.643. The van der Waals surface area contributed by atoms with E-state index >= 15 is 0 Å². The van der Waals surface area contributed by atoms with Crippen molar-refractivity contribution in [3.8, 4) is 17.0 Å². The molecule has 2 fully saturated rings. The Balaban J connectivity index is 1.34. The smallest absolute Gasteiger partial charge is 0.149 e. The van der Waals surface area contributed by atoms with Gasteiger partial charge in [-0.15, -0.1) is 21.5 Å². The molecule has 5 rings (SSSR count). The maximum Gasteiger partial charge on any atom is 0.149 e. The highest BCUT2D eigenvalue weighted by molar-refractivity contribution is 7.17. The number of fused-ring (bicyclic) bond motifs is 1. The number of aliphatic hydroxyl groups excluding tert-OH is 1. The lowest BCUT2D eigenvalue weighted by atomic mass is 9.86. The van der Waals surface area contributed by atoms with Crippen LogP contribution in [-0.2, 0) is 0 Å². The number of likely N-dealkylation sites (tertiary alicyclic amines) is 1. The van der Waals surface area contributed by atoms with Crippen LogP contribution in [0.5, 0.6) is 5.75 Å². The summed E-state index contributed by atoms with van der Waals surface area (Å²) in [5.41, 5.74) is 2.92. The van der Waals surface area contributed by atoms with Gasteiger partial charge in [0.15, 0.2) is 0 Å². The van der Waals surface area contributed by atoms with Crippen LogP contribution in [-0.4, -0.2) is 58.6 Å². The van der Waals surface area contributed by atoms with Crippen LogP contribution in [0.4, 0.5) is 5.82 Å². The van der Waals surface area contributed by atoms with Gasteiger partial charge in [0.05, 0.1) is 18.9 Å². The highest BCUT2D eigenvalue weighted by Gasteiger charge is 2.34. The zero-order valence-corrected chi connectivity index (χ0v) is 18.3. The van der Waals surface area contributed by atoms with Crippen molar-refractivity contribution in [2.24, 2.45) is 0 Å². The van der Waals surface area contributed by atoms with Gasteiger partial charge in [0.25, 0.3) is 0 Å². The van der Waals surface area contributed by atoms with Crippen molar-refractivity contribution < 1.29 is 9.84 Å². The number of hydrogen-bond acceptors (Lipinski definition) is 7. The lowest BCUT2D eigenvalue weighted by Gasteiger charge is -2.44. The Kier molecular flexibility index (Phi) is 5.35. The van der Waals surface area contributed by atoms with E-state index in [0.29, 0.717) is 12.1 Å². The maximum atomic E-state index is 9.62. The van der Waals surface area contributed by atoms with Gasteiger partial charge < -0.3 is 15.2 Å². The molecule has 2 aromatic heterocycles. The zero-order chi connectivity index (χ0) is 20.7. The van der Waals surface area contributed by atoms with Crippen molar-refractivity contribution in [1.29, 1.82) is 0 Å². The first kappa shape index (κ1) is 19.7. The molecule has 1 aliphatic heterocycles. The van der Waals surface area contributed by atoms with E-state index in [2.05, 4.69) is 57.0 Å². The lowest BCUT2D eigenvalue weighted by molar-refractivity contribution is -0.00727. The number of aromatic nitrogens is 2. The molecule has 6 nitrogen and oxygen atoms in total. The Hall–Kier alpha value is -2.22. The summed E-state index contributed by atoms with van der Waals surface area (Å²) >= 11 is 1.71. The molecule has 1 aliphatic carbocycles. The van der Waals surface area contributed by atoms with Crippen LogP contribution < -0.4 is 10.1 Å². The normalized spacial score (nSPS) is 24.6. The van der Waals surface area contributed by atoms with Crippen LogP contribution in [0.3, 0.4) is 0 Å².